The van der Waals surface area contributed by atoms with Crippen molar-refractivity contribution in [1.29, 1.82) is 0 Å². The molecular formula is C15H23ClN2O. The minimum absolute atomic E-state index is 0.516. The summed E-state index contributed by atoms with van der Waals surface area (Å²) < 4.78 is 0. The van der Waals surface area contributed by atoms with Gasteiger partial charge >= 0.3 is 0 Å². The number of aliphatic hydroxyl groups is 1. The van der Waals surface area contributed by atoms with Crippen LogP contribution in [0.1, 0.15) is 32.4 Å². The SMILES string of the molecule is CCN1CCN(c2ccc(C(C)O)c(Cl)c2)CC1C. The monoisotopic (exact) mass is 282 g/mol. The molecule has 1 heterocycles. The van der Waals surface area contributed by atoms with Crippen LogP contribution in [0.5, 0.6) is 0 Å². The van der Waals surface area contributed by atoms with Crippen LogP contribution in [0, 0.1) is 0 Å². The van der Waals surface area contributed by atoms with Gasteiger partial charge in [0, 0.05) is 36.4 Å². The van der Waals surface area contributed by atoms with Crippen LogP contribution in [0.25, 0.3) is 0 Å². The third-order valence-electron chi connectivity index (χ3n) is 3.97. The number of anilines is 1. The summed E-state index contributed by atoms with van der Waals surface area (Å²) in [6.07, 6.45) is -0.516. The number of nitrogens with zero attached hydrogens (tertiary/aromatic N) is 2. The molecule has 2 rings (SSSR count). The van der Waals surface area contributed by atoms with E-state index in [0.717, 1.165) is 37.4 Å². The van der Waals surface area contributed by atoms with E-state index in [1.165, 1.54) is 0 Å². The molecule has 0 spiro atoms. The van der Waals surface area contributed by atoms with E-state index in [-0.39, 0.29) is 0 Å². The highest BCUT2D eigenvalue weighted by Gasteiger charge is 2.22. The molecule has 1 aliphatic heterocycles. The van der Waals surface area contributed by atoms with Crippen molar-refractivity contribution in [2.24, 2.45) is 0 Å². The second-order valence-electron chi connectivity index (χ2n) is 5.31. The second kappa shape index (κ2) is 6.12. The van der Waals surface area contributed by atoms with E-state index in [1.807, 2.05) is 12.1 Å². The van der Waals surface area contributed by atoms with Gasteiger partial charge in [-0.15, -0.1) is 0 Å². The van der Waals surface area contributed by atoms with Gasteiger partial charge in [0.1, 0.15) is 0 Å². The molecule has 4 heteroatoms. The molecule has 0 amide bonds. The van der Waals surface area contributed by atoms with Crippen LogP contribution >= 0.6 is 11.6 Å². The molecule has 3 nitrogen and oxygen atoms in total. The summed E-state index contributed by atoms with van der Waals surface area (Å²) in [5.41, 5.74) is 1.95. The number of piperazine rings is 1. The van der Waals surface area contributed by atoms with E-state index < -0.39 is 6.10 Å². The van der Waals surface area contributed by atoms with Crippen molar-refractivity contribution in [3.8, 4) is 0 Å². The normalized spacial score (nSPS) is 22.6. The van der Waals surface area contributed by atoms with Crippen LogP contribution in [0.15, 0.2) is 18.2 Å². The van der Waals surface area contributed by atoms with Gasteiger partial charge in [0.25, 0.3) is 0 Å². The smallest absolute Gasteiger partial charge is 0.0776 e. The third kappa shape index (κ3) is 3.22. The number of aliphatic hydroxyl groups excluding tert-OH is 1. The molecule has 1 aromatic carbocycles. The zero-order chi connectivity index (χ0) is 14.0. The molecule has 1 N–H and O–H groups in total. The molecule has 0 aromatic heterocycles. The summed E-state index contributed by atoms with van der Waals surface area (Å²) in [7, 11) is 0. The Hall–Kier alpha value is -0.770. The van der Waals surface area contributed by atoms with Gasteiger partial charge in [-0.25, -0.2) is 0 Å². The Bertz CT molecular complexity index is 436. The van der Waals surface area contributed by atoms with Gasteiger partial charge in [0.05, 0.1) is 6.10 Å². The van der Waals surface area contributed by atoms with Gasteiger partial charge in [-0.05, 0) is 38.1 Å². The lowest BCUT2D eigenvalue weighted by atomic mass is 10.1. The van der Waals surface area contributed by atoms with Crippen LogP contribution in [-0.2, 0) is 0 Å². The number of halogens is 1. The Morgan fingerprint density at radius 3 is 2.68 bits per heavy atom. The minimum atomic E-state index is -0.516. The quantitative estimate of drug-likeness (QED) is 0.923. The van der Waals surface area contributed by atoms with Crippen LogP contribution in [0.2, 0.25) is 5.02 Å². The summed E-state index contributed by atoms with van der Waals surface area (Å²) in [4.78, 5) is 4.86. The summed E-state index contributed by atoms with van der Waals surface area (Å²) in [5.74, 6) is 0. The Kier molecular flexibility index (Phi) is 4.71. The van der Waals surface area contributed by atoms with Gasteiger partial charge in [0.2, 0.25) is 0 Å². The van der Waals surface area contributed by atoms with Crippen LogP contribution in [-0.4, -0.2) is 42.2 Å². The van der Waals surface area contributed by atoms with Crippen molar-refractivity contribution in [1.82, 2.24) is 4.90 Å². The summed E-state index contributed by atoms with van der Waals surface area (Å²) >= 11 is 6.24. The maximum absolute atomic E-state index is 9.61. The Morgan fingerprint density at radius 1 is 1.42 bits per heavy atom. The molecule has 1 saturated heterocycles. The predicted octanol–water partition coefficient (Wildman–Crippen LogP) is 2.92. The molecule has 19 heavy (non-hydrogen) atoms. The van der Waals surface area contributed by atoms with E-state index >= 15 is 0 Å². The van der Waals surface area contributed by atoms with Gasteiger partial charge in [-0.1, -0.05) is 24.6 Å². The van der Waals surface area contributed by atoms with Crippen molar-refractivity contribution in [3.63, 3.8) is 0 Å². The lowest BCUT2D eigenvalue weighted by molar-refractivity contribution is 0.198. The van der Waals surface area contributed by atoms with Crippen molar-refractivity contribution in [2.75, 3.05) is 31.1 Å². The number of likely N-dealkylation sites (N-methyl/N-ethyl adjacent to an activating group) is 1. The van der Waals surface area contributed by atoms with Crippen molar-refractivity contribution >= 4 is 17.3 Å². The van der Waals surface area contributed by atoms with Gasteiger partial charge in [0.15, 0.2) is 0 Å². The molecule has 1 aromatic rings. The first-order chi connectivity index (χ1) is 9.02. The molecule has 106 valence electrons. The average Bonchev–Trinajstić information content (AvgIpc) is 2.38. The maximum atomic E-state index is 9.61. The predicted molar refractivity (Wildman–Crippen MR) is 81.0 cm³/mol. The first-order valence-electron chi connectivity index (χ1n) is 6.99. The third-order valence-corrected chi connectivity index (χ3v) is 4.30. The lowest BCUT2D eigenvalue weighted by Gasteiger charge is -2.40. The van der Waals surface area contributed by atoms with Crippen LogP contribution < -0.4 is 4.90 Å². The summed E-state index contributed by atoms with van der Waals surface area (Å²) in [6, 6.07) is 6.52. The average molecular weight is 283 g/mol. The Morgan fingerprint density at radius 2 is 2.16 bits per heavy atom. The number of rotatable bonds is 3. The Balaban J connectivity index is 2.13. The molecule has 2 unspecified atom stereocenters. The Labute approximate surface area is 120 Å². The fourth-order valence-electron chi connectivity index (χ4n) is 2.75. The van der Waals surface area contributed by atoms with Crippen molar-refractivity contribution in [2.45, 2.75) is 32.9 Å². The van der Waals surface area contributed by atoms with Gasteiger partial charge < -0.3 is 10.0 Å². The topological polar surface area (TPSA) is 26.7 Å². The summed E-state index contributed by atoms with van der Waals surface area (Å²) in [5, 5.41) is 10.3. The number of hydrogen-bond acceptors (Lipinski definition) is 3. The molecule has 1 fully saturated rings. The molecule has 2 atom stereocenters. The van der Waals surface area contributed by atoms with E-state index in [0.29, 0.717) is 11.1 Å². The highest BCUT2D eigenvalue weighted by Crippen LogP contribution is 2.29. The standard InChI is InChI=1S/C15H23ClN2O/c1-4-17-7-8-18(10-11(17)2)13-5-6-14(12(3)19)15(16)9-13/h5-6,9,11-12,19H,4,7-8,10H2,1-3H3. The molecule has 0 radical (unpaired) electrons. The highest BCUT2D eigenvalue weighted by atomic mass is 35.5. The second-order valence-corrected chi connectivity index (χ2v) is 5.71. The van der Waals surface area contributed by atoms with Gasteiger partial charge in [-0.3, -0.25) is 4.90 Å². The number of benzene rings is 1. The van der Waals surface area contributed by atoms with E-state index in [2.05, 4.69) is 29.7 Å². The molecular weight excluding hydrogens is 260 g/mol. The minimum Gasteiger partial charge on any atom is -0.389 e. The van der Waals surface area contributed by atoms with Crippen LogP contribution in [0.3, 0.4) is 0 Å². The highest BCUT2D eigenvalue weighted by molar-refractivity contribution is 6.31. The fourth-order valence-corrected chi connectivity index (χ4v) is 3.08. The summed E-state index contributed by atoms with van der Waals surface area (Å²) in [6.45, 7) is 10.5. The molecule has 0 saturated carbocycles. The molecule has 0 bridgehead atoms. The zero-order valence-electron chi connectivity index (χ0n) is 11.9. The van der Waals surface area contributed by atoms with Crippen molar-refractivity contribution in [3.05, 3.63) is 28.8 Å². The largest absolute Gasteiger partial charge is 0.389 e. The first kappa shape index (κ1) is 14.6. The van der Waals surface area contributed by atoms with E-state index in [4.69, 9.17) is 11.6 Å². The van der Waals surface area contributed by atoms with Gasteiger partial charge in [-0.2, -0.15) is 0 Å². The number of hydrogen-bond donors (Lipinski definition) is 1. The van der Waals surface area contributed by atoms with E-state index in [1.54, 1.807) is 6.92 Å². The maximum Gasteiger partial charge on any atom is 0.0776 e. The molecule has 1 aliphatic rings. The first-order valence-corrected chi connectivity index (χ1v) is 7.37. The lowest BCUT2D eigenvalue weighted by Crippen LogP contribution is -2.51. The van der Waals surface area contributed by atoms with Crippen LogP contribution in [0.4, 0.5) is 5.69 Å². The zero-order valence-corrected chi connectivity index (χ0v) is 12.7. The van der Waals surface area contributed by atoms with Crippen molar-refractivity contribution < 1.29 is 5.11 Å². The fraction of sp³-hybridized carbons (Fsp3) is 0.600. The molecule has 0 aliphatic carbocycles. The van der Waals surface area contributed by atoms with E-state index in [9.17, 15) is 5.11 Å².